The molecule has 0 spiro atoms. The molecular weight excluding hydrogens is 207 g/mol. The maximum Gasteiger partial charge on any atom is 0.163 e. The Hall–Kier alpha value is -1.64. The Bertz CT molecular complexity index is 465. The van der Waals surface area contributed by atoms with Crippen LogP contribution in [-0.4, -0.2) is 5.78 Å². The minimum absolute atomic E-state index is 0.00488. The highest BCUT2D eigenvalue weighted by molar-refractivity contribution is 5.91. The van der Waals surface area contributed by atoms with Crippen LogP contribution in [-0.2, 0) is 15.1 Å². The predicted molar refractivity (Wildman–Crippen MR) is 58.3 cm³/mol. The van der Waals surface area contributed by atoms with Gasteiger partial charge in [0.25, 0.3) is 0 Å². The minimum Gasteiger partial charge on any atom is -0.490 e. The van der Waals surface area contributed by atoms with Crippen molar-refractivity contribution >= 4 is 5.78 Å². The second kappa shape index (κ2) is 3.74. The number of allylic oxidation sites excluding steroid dienone is 1. The summed E-state index contributed by atoms with van der Waals surface area (Å²) < 4.78 is 18.9. The van der Waals surface area contributed by atoms with Crippen LogP contribution in [0.5, 0.6) is 0 Å². The maximum absolute atomic E-state index is 13.4. The van der Waals surface area contributed by atoms with Gasteiger partial charge in [0, 0.05) is 6.08 Å². The molecule has 0 amide bonds. The molecule has 1 aliphatic rings. The van der Waals surface area contributed by atoms with E-state index in [1.807, 2.05) is 0 Å². The van der Waals surface area contributed by atoms with Crippen molar-refractivity contribution in [3.8, 4) is 0 Å². The summed E-state index contributed by atoms with van der Waals surface area (Å²) in [6.45, 7) is 3.49. The van der Waals surface area contributed by atoms with Gasteiger partial charge in [0.15, 0.2) is 5.78 Å². The summed E-state index contributed by atoms with van der Waals surface area (Å²) in [5.41, 5.74) is 0.527. The van der Waals surface area contributed by atoms with Crippen molar-refractivity contribution < 1.29 is 13.9 Å². The Morgan fingerprint density at radius 3 is 2.81 bits per heavy atom. The summed E-state index contributed by atoms with van der Waals surface area (Å²) >= 11 is 0. The standard InChI is InChI=1S/C13H13FO2/c1-9-3-4-10(7-12(9)14)13(2)8-11(15)5-6-16-13/h3-7H,8H2,1-2H3. The van der Waals surface area contributed by atoms with Crippen LogP contribution in [0.4, 0.5) is 4.39 Å². The first-order valence-corrected chi connectivity index (χ1v) is 5.15. The summed E-state index contributed by atoms with van der Waals surface area (Å²) in [4.78, 5) is 11.3. The monoisotopic (exact) mass is 220 g/mol. The normalized spacial score (nSPS) is 24.3. The van der Waals surface area contributed by atoms with Crippen LogP contribution in [0, 0.1) is 12.7 Å². The molecule has 1 unspecified atom stereocenters. The third kappa shape index (κ3) is 1.85. The van der Waals surface area contributed by atoms with Gasteiger partial charge >= 0.3 is 0 Å². The number of ketones is 1. The van der Waals surface area contributed by atoms with Crippen molar-refractivity contribution in [2.45, 2.75) is 25.9 Å². The van der Waals surface area contributed by atoms with E-state index >= 15 is 0 Å². The molecule has 1 atom stereocenters. The Kier molecular flexibility index (Phi) is 2.54. The number of carbonyl (C=O) groups excluding carboxylic acids is 1. The lowest BCUT2D eigenvalue weighted by Crippen LogP contribution is -2.29. The van der Waals surface area contributed by atoms with Crippen molar-refractivity contribution in [2.24, 2.45) is 0 Å². The van der Waals surface area contributed by atoms with Gasteiger partial charge in [0.1, 0.15) is 11.4 Å². The second-order valence-electron chi connectivity index (χ2n) is 4.26. The molecule has 0 bridgehead atoms. The van der Waals surface area contributed by atoms with E-state index < -0.39 is 5.60 Å². The SMILES string of the molecule is Cc1ccc(C2(C)CC(=O)C=CO2)cc1F. The van der Waals surface area contributed by atoms with Crippen molar-refractivity contribution in [1.29, 1.82) is 0 Å². The van der Waals surface area contributed by atoms with Gasteiger partial charge in [0.2, 0.25) is 0 Å². The third-order valence-electron chi connectivity index (χ3n) is 2.88. The van der Waals surface area contributed by atoms with Gasteiger partial charge in [-0.25, -0.2) is 4.39 Å². The van der Waals surface area contributed by atoms with E-state index in [1.54, 1.807) is 26.0 Å². The Labute approximate surface area is 93.7 Å². The summed E-state index contributed by atoms with van der Waals surface area (Å²) in [5, 5.41) is 0. The number of carbonyl (C=O) groups is 1. The number of hydrogen-bond donors (Lipinski definition) is 0. The molecule has 0 saturated carbocycles. The molecule has 0 radical (unpaired) electrons. The van der Waals surface area contributed by atoms with Crippen molar-refractivity contribution in [3.05, 3.63) is 47.5 Å². The van der Waals surface area contributed by atoms with E-state index in [0.717, 1.165) is 0 Å². The maximum atomic E-state index is 13.4. The highest BCUT2D eigenvalue weighted by Gasteiger charge is 2.32. The topological polar surface area (TPSA) is 26.3 Å². The molecule has 0 saturated heterocycles. The van der Waals surface area contributed by atoms with Crippen LogP contribution in [0.25, 0.3) is 0 Å². The Morgan fingerprint density at radius 1 is 1.44 bits per heavy atom. The summed E-state index contributed by atoms with van der Waals surface area (Å²) in [5.74, 6) is -0.279. The van der Waals surface area contributed by atoms with Crippen molar-refractivity contribution in [1.82, 2.24) is 0 Å². The van der Waals surface area contributed by atoms with Gasteiger partial charge in [-0.05, 0) is 31.0 Å². The fourth-order valence-corrected chi connectivity index (χ4v) is 1.79. The van der Waals surface area contributed by atoms with E-state index in [9.17, 15) is 9.18 Å². The van der Waals surface area contributed by atoms with Gasteiger partial charge in [-0.1, -0.05) is 12.1 Å². The van der Waals surface area contributed by atoms with Gasteiger partial charge in [-0.2, -0.15) is 0 Å². The smallest absolute Gasteiger partial charge is 0.163 e. The number of aryl methyl sites for hydroxylation is 1. The molecule has 16 heavy (non-hydrogen) atoms. The van der Waals surface area contributed by atoms with Gasteiger partial charge in [-0.3, -0.25) is 4.79 Å². The first-order valence-electron chi connectivity index (χ1n) is 5.15. The highest BCUT2D eigenvalue weighted by atomic mass is 19.1. The van der Waals surface area contributed by atoms with E-state index in [2.05, 4.69) is 0 Å². The van der Waals surface area contributed by atoms with E-state index in [0.29, 0.717) is 11.1 Å². The van der Waals surface area contributed by atoms with Gasteiger partial charge in [0.05, 0.1) is 12.7 Å². The molecule has 84 valence electrons. The number of halogens is 1. The fourth-order valence-electron chi connectivity index (χ4n) is 1.79. The number of hydrogen-bond acceptors (Lipinski definition) is 2. The van der Waals surface area contributed by atoms with E-state index in [1.165, 1.54) is 18.4 Å². The molecule has 0 aliphatic carbocycles. The number of benzene rings is 1. The van der Waals surface area contributed by atoms with Gasteiger partial charge < -0.3 is 4.74 Å². The molecule has 1 aromatic rings. The third-order valence-corrected chi connectivity index (χ3v) is 2.88. The Balaban J connectivity index is 2.39. The van der Waals surface area contributed by atoms with Crippen LogP contribution in [0.2, 0.25) is 0 Å². The van der Waals surface area contributed by atoms with Gasteiger partial charge in [-0.15, -0.1) is 0 Å². The average Bonchev–Trinajstić information content (AvgIpc) is 2.21. The van der Waals surface area contributed by atoms with E-state index in [4.69, 9.17) is 4.74 Å². The molecule has 1 aliphatic heterocycles. The molecule has 0 aromatic heterocycles. The zero-order valence-corrected chi connectivity index (χ0v) is 9.29. The fraction of sp³-hybridized carbons (Fsp3) is 0.308. The minimum atomic E-state index is -0.750. The quantitative estimate of drug-likeness (QED) is 0.727. The molecular formula is C13H13FO2. The van der Waals surface area contributed by atoms with Crippen LogP contribution < -0.4 is 0 Å². The number of ether oxygens (including phenoxy) is 1. The largest absolute Gasteiger partial charge is 0.490 e. The lowest BCUT2D eigenvalue weighted by atomic mass is 9.88. The molecule has 1 heterocycles. The Morgan fingerprint density at radius 2 is 2.19 bits per heavy atom. The lowest BCUT2D eigenvalue weighted by Gasteiger charge is -2.31. The molecule has 2 nitrogen and oxygen atoms in total. The van der Waals surface area contributed by atoms with Crippen molar-refractivity contribution in [2.75, 3.05) is 0 Å². The van der Waals surface area contributed by atoms with Crippen molar-refractivity contribution in [3.63, 3.8) is 0 Å². The first-order chi connectivity index (χ1) is 7.51. The zero-order valence-electron chi connectivity index (χ0n) is 9.29. The summed E-state index contributed by atoms with van der Waals surface area (Å²) in [7, 11) is 0. The van der Waals surface area contributed by atoms with Crippen LogP contribution in [0.1, 0.15) is 24.5 Å². The molecule has 1 aromatic carbocycles. The zero-order chi connectivity index (χ0) is 11.8. The summed E-state index contributed by atoms with van der Waals surface area (Å²) in [6, 6.07) is 4.93. The average molecular weight is 220 g/mol. The first kappa shape index (κ1) is 10.9. The lowest BCUT2D eigenvalue weighted by molar-refractivity contribution is -0.122. The van der Waals surface area contributed by atoms with Crippen LogP contribution >= 0.6 is 0 Å². The molecule has 0 N–H and O–H groups in total. The molecule has 2 rings (SSSR count). The number of rotatable bonds is 1. The predicted octanol–water partition coefficient (Wildman–Crippen LogP) is 2.85. The van der Waals surface area contributed by atoms with E-state index in [-0.39, 0.29) is 18.0 Å². The second-order valence-corrected chi connectivity index (χ2v) is 4.26. The highest BCUT2D eigenvalue weighted by Crippen LogP contribution is 2.33. The molecule has 3 heteroatoms. The summed E-state index contributed by atoms with van der Waals surface area (Å²) in [6.07, 6.45) is 3.02. The van der Waals surface area contributed by atoms with Crippen LogP contribution in [0.15, 0.2) is 30.5 Å². The van der Waals surface area contributed by atoms with Crippen LogP contribution in [0.3, 0.4) is 0 Å². The molecule has 0 fully saturated rings.